The Balaban J connectivity index is 1.73. The molecule has 1 N–H and O–H groups in total. The van der Waals surface area contributed by atoms with Crippen molar-refractivity contribution in [1.29, 1.82) is 0 Å². The van der Waals surface area contributed by atoms with Crippen LogP contribution in [0.3, 0.4) is 0 Å². The minimum Gasteiger partial charge on any atom is -0.466 e. The largest absolute Gasteiger partial charge is 0.466 e. The van der Waals surface area contributed by atoms with E-state index in [4.69, 9.17) is 4.74 Å². The maximum Gasteiger partial charge on any atom is 0.305 e. The highest BCUT2D eigenvalue weighted by Gasteiger charge is 2.04. The second kappa shape index (κ2) is 7.24. The Labute approximate surface area is 117 Å². The van der Waals surface area contributed by atoms with E-state index in [-0.39, 0.29) is 5.97 Å². The van der Waals surface area contributed by atoms with Crippen molar-refractivity contribution in [2.45, 2.75) is 31.1 Å². The monoisotopic (exact) mass is 277 g/mol. The van der Waals surface area contributed by atoms with Gasteiger partial charge < -0.3 is 9.72 Å². The highest BCUT2D eigenvalue weighted by atomic mass is 32.2. The molecular weight excluding hydrogens is 258 g/mol. The Morgan fingerprint density at radius 1 is 1.32 bits per heavy atom. The topological polar surface area (TPSA) is 42.1 Å². The third-order valence-electron chi connectivity index (χ3n) is 2.89. The van der Waals surface area contributed by atoms with Crippen molar-refractivity contribution in [3.8, 4) is 0 Å². The van der Waals surface area contributed by atoms with Crippen molar-refractivity contribution in [3.05, 3.63) is 30.5 Å². The van der Waals surface area contributed by atoms with Gasteiger partial charge in [-0.15, -0.1) is 11.8 Å². The van der Waals surface area contributed by atoms with Gasteiger partial charge in [0.1, 0.15) is 0 Å². The lowest BCUT2D eigenvalue weighted by molar-refractivity contribution is -0.143. The van der Waals surface area contributed by atoms with Gasteiger partial charge in [-0.25, -0.2) is 0 Å². The molecule has 2 rings (SSSR count). The molecule has 0 saturated carbocycles. The average Bonchev–Trinajstić information content (AvgIpc) is 2.82. The van der Waals surface area contributed by atoms with Crippen molar-refractivity contribution in [3.63, 3.8) is 0 Å². The predicted octanol–water partition coefficient (Wildman–Crippen LogP) is 3.99. The number of hydrogen-bond acceptors (Lipinski definition) is 3. The van der Waals surface area contributed by atoms with Crippen LogP contribution in [0.1, 0.15) is 26.2 Å². The highest BCUT2D eigenvalue weighted by Crippen LogP contribution is 2.28. The van der Waals surface area contributed by atoms with E-state index in [1.807, 2.05) is 24.8 Å². The Bertz CT molecular complexity index is 536. The lowest BCUT2D eigenvalue weighted by atomic mass is 10.2. The molecule has 4 heteroatoms. The summed E-state index contributed by atoms with van der Waals surface area (Å²) in [5.74, 6) is 0.945. The molecule has 0 unspecified atom stereocenters. The number of thioether (sulfide) groups is 1. The van der Waals surface area contributed by atoms with Gasteiger partial charge in [-0.2, -0.15) is 0 Å². The number of nitrogens with one attached hydrogen (secondary N) is 1. The zero-order valence-corrected chi connectivity index (χ0v) is 12.0. The number of unbranched alkanes of at least 4 members (excludes halogenated alkanes) is 1. The number of aromatic amines is 1. The maximum atomic E-state index is 11.2. The predicted molar refractivity (Wildman–Crippen MR) is 79.5 cm³/mol. The Morgan fingerprint density at radius 3 is 3.00 bits per heavy atom. The van der Waals surface area contributed by atoms with Crippen molar-refractivity contribution in [2.24, 2.45) is 0 Å². The Morgan fingerprint density at radius 2 is 2.16 bits per heavy atom. The van der Waals surface area contributed by atoms with E-state index < -0.39 is 0 Å². The molecule has 1 aromatic heterocycles. The van der Waals surface area contributed by atoms with E-state index in [9.17, 15) is 4.79 Å². The molecule has 1 heterocycles. The first-order valence-corrected chi connectivity index (χ1v) is 7.64. The van der Waals surface area contributed by atoms with Crippen LogP contribution in [0.2, 0.25) is 0 Å². The number of benzene rings is 1. The normalized spacial score (nSPS) is 10.8. The molecule has 0 radical (unpaired) electrons. The highest BCUT2D eigenvalue weighted by molar-refractivity contribution is 7.99. The zero-order chi connectivity index (χ0) is 13.5. The fourth-order valence-corrected chi connectivity index (χ4v) is 3.00. The maximum absolute atomic E-state index is 11.2. The summed E-state index contributed by atoms with van der Waals surface area (Å²) in [5.41, 5.74) is 1.18. The van der Waals surface area contributed by atoms with Crippen LogP contribution < -0.4 is 0 Å². The fraction of sp³-hybridized carbons (Fsp3) is 0.400. The van der Waals surface area contributed by atoms with Crippen LogP contribution in [0.15, 0.2) is 35.4 Å². The zero-order valence-electron chi connectivity index (χ0n) is 11.1. The molecule has 102 valence electrons. The lowest BCUT2D eigenvalue weighted by Crippen LogP contribution is -2.03. The molecule has 0 saturated heterocycles. The molecule has 0 aliphatic rings. The number of ether oxygens (including phenoxy) is 1. The summed E-state index contributed by atoms with van der Waals surface area (Å²) in [6.07, 6.45) is 4.51. The van der Waals surface area contributed by atoms with Gasteiger partial charge in [0.2, 0.25) is 0 Å². The average molecular weight is 277 g/mol. The van der Waals surface area contributed by atoms with Gasteiger partial charge in [-0.05, 0) is 31.6 Å². The van der Waals surface area contributed by atoms with E-state index in [1.165, 1.54) is 15.8 Å². The molecule has 0 aliphatic carbocycles. The third kappa shape index (κ3) is 4.03. The summed E-state index contributed by atoms with van der Waals surface area (Å²) < 4.78 is 4.90. The molecule has 1 aromatic carbocycles. The van der Waals surface area contributed by atoms with Crippen molar-refractivity contribution >= 4 is 28.6 Å². The first-order valence-electron chi connectivity index (χ1n) is 6.66. The number of carbonyl (C=O) groups is 1. The number of esters is 1. The van der Waals surface area contributed by atoms with Crippen LogP contribution in [0.4, 0.5) is 0 Å². The van der Waals surface area contributed by atoms with Crippen molar-refractivity contribution < 1.29 is 9.53 Å². The molecule has 0 atom stereocenters. The minimum atomic E-state index is -0.0837. The molecule has 3 nitrogen and oxygen atoms in total. The molecule has 0 amide bonds. The number of carbonyl (C=O) groups excluding carboxylic acids is 1. The van der Waals surface area contributed by atoms with Crippen molar-refractivity contribution in [1.82, 2.24) is 4.98 Å². The molecule has 0 spiro atoms. The van der Waals surface area contributed by atoms with E-state index in [2.05, 4.69) is 29.4 Å². The van der Waals surface area contributed by atoms with Crippen LogP contribution in [-0.4, -0.2) is 23.3 Å². The molecule has 2 aromatic rings. The summed E-state index contributed by atoms with van der Waals surface area (Å²) in [5, 5.41) is 1.28. The van der Waals surface area contributed by atoms with Crippen LogP contribution >= 0.6 is 11.8 Å². The van der Waals surface area contributed by atoms with Crippen molar-refractivity contribution in [2.75, 3.05) is 12.4 Å². The summed E-state index contributed by atoms with van der Waals surface area (Å²) in [6, 6.07) is 8.31. The SMILES string of the molecule is CCOC(=O)CCCCSc1c[nH]c2ccccc12. The van der Waals surface area contributed by atoms with E-state index in [1.54, 1.807) is 0 Å². The number of H-pyrrole nitrogens is 1. The molecule has 0 bridgehead atoms. The van der Waals surface area contributed by atoms with E-state index in [0.29, 0.717) is 13.0 Å². The minimum absolute atomic E-state index is 0.0837. The lowest BCUT2D eigenvalue weighted by Gasteiger charge is -2.02. The second-order valence-electron chi connectivity index (χ2n) is 4.31. The van der Waals surface area contributed by atoms with Gasteiger partial charge in [0.15, 0.2) is 0 Å². The molecule has 19 heavy (non-hydrogen) atoms. The number of aromatic nitrogens is 1. The summed E-state index contributed by atoms with van der Waals surface area (Å²) in [4.78, 5) is 15.7. The number of hydrogen-bond donors (Lipinski definition) is 1. The van der Waals surface area contributed by atoms with Gasteiger partial charge in [-0.3, -0.25) is 4.79 Å². The van der Waals surface area contributed by atoms with Crippen LogP contribution in [0.5, 0.6) is 0 Å². The summed E-state index contributed by atoms with van der Waals surface area (Å²) >= 11 is 1.84. The van der Waals surface area contributed by atoms with E-state index >= 15 is 0 Å². The van der Waals surface area contributed by atoms with E-state index in [0.717, 1.165) is 18.6 Å². The van der Waals surface area contributed by atoms with Crippen LogP contribution in [0.25, 0.3) is 10.9 Å². The first kappa shape index (κ1) is 14.0. The molecule has 0 aliphatic heterocycles. The van der Waals surface area contributed by atoms with Crippen LogP contribution in [0, 0.1) is 0 Å². The smallest absolute Gasteiger partial charge is 0.305 e. The third-order valence-corrected chi connectivity index (χ3v) is 4.03. The molecular formula is C15H19NO2S. The number of para-hydroxylation sites is 1. The van der Waals surface area contributed by atoms with Gasteiger partial charge in [0.05, 0.1) is 6.61 Å². The fourth-order valence-electron chi connectivity index (χ4n) is 1.95. The van der Waals surface area contributed by atoms with Gasteiger partial charge >= 0.3 is 5.97 Å². The summed E-state index contributed by atoms with van der Waals surface area (Å²) in [7, 11) is 0. The van der Waals surface area contributed by atoms with Crippen LogP contribution in [-0.2, 0) is 9.53 Å². The second-order valence-corrected chi connectivity index (χ2v) is 5.45. The Kier molecular flexibility index (Phi) is 5.33. The number of rotatable bonds is 7. The first-order chi connectivity index (χ1) is 9.31. The quantitative estimate of drug-likeness (QED) is 0.472. The van der Waals surface area contributed by atoms with Gasteiger partial charge in [0, 0.05) is 28.4 Å². The summed E-state index contributed by atoms with van der Waals surface area (Å²) in [6.45, 7) is 2.31. The number of fused-ring (bicyclic) bond motifs is 1. The molecule has 0 fully saturated rings. The standard InChI is InChI=1S/C15H19NO2S/c1-2-18-15(17)9-5-6-10-19-14-11-16-13-8-4-3-7-12(13)14/h3-4,7-8,11,16H,2,5-6,9-10H2,1H3. The van der Waals surface area contributed by atoms with Gasteiger partial charge in [0.25, 0.3) is 0 Å². The van der Waals surface area contributed by atoms with Gasteiger partial charge in [-0.1, -0.05) is 18.2 Å². The Hall–Kier alpha value is -1.42.